The molecule has 1 saturated heterocycles. The van der Waals surface area contributed by atoms with Crippen molar-refractivity contribution < 1.29 is 19.0 Å². The number of aryl methyl sites for hydroxylation is 1. The molecule has 2 aromatic rings. The van der Waals surface area contributed by atoms with Crippen molar-refractivity contribution in [3.63, 3.8) is 0 Å². The van der Waals surface area contributed by atoms with Gasteiger partial charge < -0.3 is 23.7 Å². The van der Waals surface area contributed by atoms with Gasteiger partial charge in [-0.1, -0.05) is 6.07 Å². The van der Waals surface area contributed by atoms with Crippen LogP contribution in [0.25, 0.3) is 6.08 Å². The zero-order valence-corrected chi connectivity index (χ0v) is 18.9. The van der Waals surface area contributed by atoms with Crippen molar-refractivity contribution in [2.75, 3.05) is 26.9 Å². The van der Waals surface area contributed by atoms with Crippen molar-refractivity contribution in [3.05, 3.63) is 52.4 Å². The summed E-state index contributed by atoms with van der Waals surface area (Å²) in [6.45, 7) is 7.10. The summed E-state index contributed by atoms with van der Waals surface area (Å²) < 4.78 is 19.2. The molecule has 2 aliphatic rings. The molecule has 32 heavy (non-hydrogen) atoms. The fourth-order valence-corrected chi connectivity index (χ4v) is 4.28. The number of aromatic nitrogens is 1. The first-order chi connectivity index (χ1) is 15.5. The summed E-state index contributed by atoms with van der Waals surface area (Å²) in [6.07, 6.45) is 4.08. The number of fused-ring (bicyclic) bond motifs is 1. The van der Waals surface area contributed by atoms with Crippen LogP contribution in [-0.4, -0.2) is 48.3 Å². The Morgan fingerprint density at radius 1 is 1.22 bits per heavy atom. The molecule has 1 atom stereocenters. The highest BCUT2D eigenvalue weighted by atomic mass is 16.6. The maximum atomic E-state index is 13.0. The molecule has 1 fully saturated rings. The third-order valence-electron chi connectivity index (χ3n) is 6.05. The Labute approximate surface area is 188 Å². The first-order valence-electron chi connectivity index (χ1n) is 11.0. The number of nitrogens with zero attached hydrogens (tertiary/aromatic N) is 3. The summed E-state index contributed by atoms with van der Waals surface area (Å²) in [6, 6.07) is 9.75. The number of benzene rings is 1. The zero-order chi connectivity index (χ0) is 22.7. The lowest BCUT2D eigenvalue weighted by Crippen LogP contribution is -2.27. The molecule has 1 unspecified atom stereocenters. The fraction of sp³-hybridized carbons (Fsp3) is 0.440. The predicted molar refractivity (Wildman–Crippen MR) is 120 cm³/mol. The van der Waals surface area contributed by atoms with E-state index in [0.717, 1.165) is 48.5 Å². The van der Waals surface area contributed by atoms with Gasteiger partial charge >= 0.3 is 0 Å². The van der Waals surface area contributed by atoms with Crippen LogP contribution in [-0.2, 0) is 22.6 Å². The van der Waals surface area contributed by atoms with E-state index in [2.05, 4.69) is 10.6 Å². The third-order valence-corrected chi connectivity index (χ3v) is 6.05. The van der Waals surface area contributed by atoms with Crippen molar-refractivity contribution in [1.82, 2.24) is 9.47 Å². The minimum atomic E-state index is -0.314. The molecular weight excluding hydrogens is 406 g/mol. The van der Waals surface area contributed by atoms with Crippen LogP contribution in [0, 0.1) is 25.2 Å². The van der Waals surface area contributed by atoms with E-state index in [-0.39, 0.29) is 17.6 Å². The number of nitriles is 1. The van der Waals surface area contributed by atoms with Crippen molar-refractivity contribution >= 4 is 12.0 Å². The number of hydrogen-bond donors (Lipinski definition) is 0. The van der Waals surface area contributed by atoms with Crippen molar-refractivity contribution in [3.8, 4) is 17.6 Å². The van der Waals surface area contributed by atoms with Crippen LogP contribution in [0.3, 0.4) is 0 Å². The monoisotopic (exact) mass is 435 g/mol. The van der Waals surface area contributed by atoms with Gasteiger partial charge in [0.15, 0.2) is 11.5 Å². The molecule has 7 nitrogen and oxygen atoms in total. The lowest BCUT2D eigenvalue weighted by molar-refractivity contribution is -0.125. The Hall–Kier alpha value is -3.24. The summed E-state index contributed by atoms with van der Waals surface area (Å²) >= 11 is 0. The Morgan fingerprint density at radius 2 is 2.00 bits per heavy atom. The summed E-state index contributed by atoms with van der Waals surface area (Å²) in [5.41, 5.74) is 4.05. The highest BCUT2D eigenvalue weighted by Crippen LogP contribution is 2.31. The van der Waals surface area contributed by atoms with Gasteiger partial charge in [-0.3, -0.25) is 4.79 Å². The Kier molecular flexibility index (Phi) is 6.52. The van der Waals surface area contributed by atoms with E-state index in [1.807, 2.05) is 38.1 Å². The molecule has 7 heteroatoms. The van der Waals surface area contributed by atoms with Crippen LogP contribution < -0.4 is 9.47 Å². The summed E-state index contributed by atoms with van der Waals surface area (Å²) in [5.74, 6) is 1.08. The average molecular weight is 436 g/mol. The van der Waals surface area contributed by atoms with E-state index >= 15 is 0 Å². The van der Waals surface area contributed by atoms with Gasteiger partial charge in [0, 0.05) is 38.1 Å². The second-order valence-electron chi connectivity index (χ2n) is 8.38. The van der Waals surface area contributed by atoms with Crippen LogP contribution in [0.1, 0.15) is 35.4 Å². The Balaban J connectivity index is 1.49. The van der Waals surface area contributed by atoms with Gasteiger partial charge in [0.2, 0.25) is 0 Å². The van der Waals surface area contributed by atoms with E-state index in [0.29, 0.717) is 31.3 Å². The van der Waals surface area contributed by atoms with Gasteiger partial charge in [-0.2, -0.15) is 5.26 Å². The molecule has 0 radical (unpaired) electrons. The number of ether oxygens (including phenoxy) is 3. The van der Waals surface area contributed by atoms with Gasteiger partial charge in [0.05, 0.1) is 6.10 Å². The molecule has 1 aromatic carbocycles. The lowest BCUT2D eigenvalue weighted by Gasteiger charge is -2.21. The van der Waals surface area contributed by atoms with E-state index in [4.69, 9.17) is 14.2 Å². The zero-order valence-electron chi connectivity index (χ0n) is 18.9. The third kappa shape index (κ3) is 4.66. The molecule has 2 aliphatic heterocycles. The smallest absolute Gasteiger partial charge is 0.264 e. The van der Waals surface area contributed by atoms with Gasteiger partial charge in [-0.05, 0) is 62.1 Å². The van der Waals surface area contributed by atoms with Gasteiger partial charge in [-0.25, -0.2) is 0 Å². The number of rotatable bonds is 6. The van der Waals surface area contributed by atoms with Crippen LogP contribution >= 0.6 is 0 Å². The number of carbonyl (C=O) groups excluding carboxylic acids is 1. The largest absolute Gasteiger partial charge is 0.486 e. The van der Waals surface area contributed by atoms with Crippen molar-refractivity contribution in [1.29, 1.82) is 5.26 Å². The van der Waals surface area contributed by atoms with E-state index in [1.165, 1.54) is 0 Å². The van der Waals surface area contributed by atoms with Crippen LogP contribution in [0.5, 0.6) is 11.5 Å². The summed E-state index contributed by atoms with van der Waals surface area (Å²) in [5, 5.41) is 9.70. The van der Waals surface area contributed by atoms with Crippen molar-refractivity contribution in [2.24, 2.45) is 0 Å². The van der Waals surface area contributed by atoms with Crippen molar-refractivity contribution in [2.45, 2.75) is 45.9 Å². The quantitative estimate of drug-likeness (QED) is 0.512. The molecule has 0 spiro atoms. The first-order valence-corrected chi connectivity index (χ1v) is 11.0. The highest BCUT2D eigenvalue weighted by molar-refractivity contribution is 6.01. The molecule has 1 aromatic heterocycles. The number of hydrogen-bond acceptors (Lipinski definition) is 5. The van der Waals surface area contributed by atoms with E-state index in [1.54, 1.807) is 18.0 Å². The minimum Gasteiger partial charge on any atom is -0.486 e. The van der Waals surface area contributed by atoms with Crippen LogP contribution in [0.2, 0.25) is 0 Å². The molecule has 0 aliphatic carbocycles. The van der Waals surface area contributed by atoms with Gasteiger partial charge in [0.25, 0.3) is 5.91 Å². The molecule has 0 saturated carbocycles. The fourth-order valence-electron chi connectivity index (χ4n) is 4.28. The highest BCUT2D eigenvalue weighted by Gasteiger charge is 2.21. The summed E-state index contributed by atoms with van der Waals surface area (Å²) in [7, 11) is 1.70. The predicted octanol–water partition coefficient (Wildman–Crippen LogP) is 3.62. The minimum absolute atomic E-state index is 0.113. The van der Waals surface area contributed by atoms with Gasteiger partial charge in [0.1, 0.15) is 24.9 Å². The standard InChI is InChI=1S/C25H29N3O4/c1-17-11-20(18(2)28(17)16-22-5-4-8-30-22)13-21(14-26)25(29)27(3)15-19-6-7-23-24(12-19)32-10-9-31-23/h6-7,11-13,22H,4-5,8-10,15-16H2,1-3H3/b21-13+. The first kappa shape index (κ1) is 22.0. The maximum Gasteiger partial charge on any atom is 0.264 e. The lowest BCUT2D eigenvalue weighted by atomic mass is 10.1. The molecule has 0 N–H and O–H groups in total. The molecule has 3 heterocycles. The number of amides is 1. The summed E-state index contributed by atoms with van der Waals surface area (Å²) in [4.78, 5) is 14.6. The molecule has 1 amide bonds. The second kappa shape index (κ2) is 9.49. The number of likely N-dealkylation sites (N-methyl/N-ethyl adjacent to an activating group) is 1. The Bertz CT molecular complexity index is 1070. The van der Waals surface area contributed by atoms with Crippen LogP contribution in [0.4, 0.5) is 0 Å². The SMILES string of the molecule is Cc1cc(/C=C(\C#N)C(=O)N(C)Cc2ccc3c(c2)OCCO3)c(C)n1CC1CCCO1. The van der Waals surface area contributed by atoms with Gasteiger partial charge in [-0.15, -0.1) is 0 Å². The molecule has 4 rings (SSSR count). The second-order valence-corrected chi connectivity index (χ2v) is 8.38. The van der Waals surface area contributed by atoms with E-state index in [9.17, 15) is 10.1 Å². The topological polar surface area (TPSA) is 76.7 Å². The number of carbonyl (C=O) groups is 1. The van der Waals surface area contributed by atoms with E-state index < -0.39 is 0 Å². The maximum absolute atomic E-state index is 13.0. The van der Waals surface area contributed by atoms with Crippen LogP contribution in [0.15, 0.2) is 29.8 Å². The normalized spacial score (nSPS) is 17.8. The molecule has 168 valence electrons. The average Bonchev–Trinajstić information content (AvgIpc) is 3.40. The Morgan fingerprint density at radius 3 is 2.72 bits per heavy atom. The molecular formula is C25H29N3O4. The molecule has 0 bridgehead atoms.